The molecule has 0 aliphatic rings. The Hall–Kier alpha value is -1.40. The second-order valence-corrected chi connectivity index (χ2v) is 12.4. The van der Waals surface area contributed by atoms with Crippen LogP contribution < -0.4 is 3.61 Å². The van der Waals surface area contributed by atoms with Crippen molar-refractivity contribution in [3.05, 3.63) is 66.2 Å². The molecule has 156 valence electrons. The summed E-state index contributed by atoms with van der Waals surface area (Å²) in [5.41, 5.74) is 0.524. The molecule has 0 aliphatic heterocycles. The minimum atomic E-state index is -6.85. The third-order valence-corrected chi connectivity index (χ3v) is 11.2. The van der Waals surface area contributed by atoms with Crippen LogP contribution in [0.3, 0.4) is 0 Å². The minimum absolute atomic E-state index is 0.0586. The molecule has 0 spiro atoms. The van der Waals surface area contributed by atoms with Gasteiger partial charge >= 0.3 is 162 Å². The standard InChI is InChI=1S/C18H15F9Te/c19-15(20,16(21,22)17(23,24)18(25,26)27)12-28(14-9-5-2-6-10-14)11-13-7-3-1-4-8-13/h1-10,28H,11-12H2. The van der Waals surface area contributed by atoms with Crippen LogP contribution in [0.1, 0.15) is 5.56 Å². The normalized spacial score (nSPS) is 15.4. The van der Waals surface area contributed by atoms with Crippen LogP contribution in [0.5, 0.6) is 0 Å². The Kier molecular flexibility index (Phi) is 6.66. The van der Waals surface area contributed by atoms with E-state index in [-0.39, 0.29) is 4.47 Å². The number of benzene rings is 2. The van der Waals surface area contributed by atoms with Gasteiger partial charge in [0.15, 0.2) is 0 Å². The summed E-state index contributed by atoms with van der Waals surface area (Å²) in [4.78, 5) is 0. The van der Waals surface area contributed by atoms with Crippen molar-refractivity contribution in [2.24, 2.45) is 0 Å². The molecule has 0 radical (unpaired) electrons. The maximum absolute atomic E-state index is 14.2. The van der Waals surface area contributed by atoms with Crippen LogP contribution in [-0.2, 0) is 4.47 Å². The van der Waals surface area contributed by atoms with Crippen molar-refractivity contribution in [1.29, 1.82) is 0 Å². The first-order valence-electron chi connectivity index (χ1n) is 7.84. The van der Waals surface area contributed by atoms with Gasteiger partial charge in [-0.05, 0) is 0 Å². The Balaban J connectivity index is 2.39. The quantitative estimate of drug-likeness (QED) is 0.334. The van der Waals surface area contributed by atoms with E-state index >= 15 is 0 Å². The van der Waals surface area contributed by atoms with Gasteiger partial charge in [0.1, 0.15) is 0 Å². The van der Waals surface area contributed by atoms with Crippen LogP contribution in [0.4, 0.5) is 39.5 Å². The summed E-state index contributed by atoms with van der Waals surface area (Å²) < 4.78 is 118. The maximum atomic E-state index is 14.2. The van der Waals surface area contributed by atoms with E-state index in [1.54, 1.807) is 36.4 Å². The number of alkyl halides is 9. The SMILES string of the molecule is FC(F)(F)C(F)(F)C(F)(F)C(F)(F)C[TeH](Cc1ccccc1)c1ccccc1. The molecule has 0 saturated heterocycles. The van der Waals surface area contributed by atoms with E-state index in [0.717, 1.165) is 0 Å². The zero-order valence-corrected chi connectivity index (χ0v) is 16.6. The van der Waals surface area contributed by atoms with Gasteiger partial charge in [-0.3, -0.25) is 0 Å². The fourth-order valence-corrected chi connectivity index (χ4v) is 9.28. The molecule has 1 atom stereocenters. The third kappa shape index (κ3) is 4.60. The summed E-state index contributed by atoms with van der Waals surface area (Å²) in [6.07, 6.45) is -6.80. The number of hydrogen-bond acceptors (Lipinski definition) is 0. The number of hydrogen-bond donors (Lipinski definition) is 0. The molecule has 0 amide bonds. The molecule has 1 unspecified atom stereocenters. The molecule has 2 aromatic carbocycles. The second kappa shape index (κ2) is 8.15. The Labute approximate surface area is 162 Å². The van der Waals surface area contributed by atoms with Crippen LogP contribution in [0.25, 0.3) is 0 Å². The van der Waals surface area contributed by atoms with Crippen molar-refractivity contribution in [3.63, 3.8) is 0 Å². The molecule has 0 bridgehead atoms. The summed E-state index contributed by atoms with van der Waals surface area (Å²) in [6.45, 7) is 0. The van der Waals surface area contributed by atoms with E-state index in [0.29, 0.717) is 9.17 Å². The average molecular weight is 530 g/mol. The van der Waals surface area contributed by atoms with Gasteiger partial charge in [0.05, 0.1) is 0 Å². The Morgan fingerprint density at radius 3 is 1.54 bits per heavy atom. The van der Waals surface area contributed by atoms with Crippen LogP contribution in [0.2, 0.25) is 4.47 Å². The van der Waals surface area contributed by atoms with Crippen LogP contribution in [0.15, 0.2) is 60.7 Å². The van der Waals surface area contributed by atoms with Gasteiger partial charge in [0.2, 0.25) is 0 Å². The second-order valence-electron chi connectivity index (χ2n) is 6.03. The molecular formula is C18H15F9Te. The Morgan fingerprint density at radius 1 is 0.607 bits per heavy atom. The monoisotopic (exact) mass is 532 g/mol. The topological polar surface area (TPSA) is 0 Å². The van der Waals surface area contributed by atoms with Gasteiger partial charge in [0, 0.05) is 0 Å². The van der Waals surface area contributed by atoms with Crippen molar-refractivity contribution in [1.82, 2.24) is 0 Å². The number of halogens is 9. The summed E-state index contributed by atoms with van der Waals surface area (Å²) in [6, 6.07) is 15.2. The van der Waals surface area contributed by atoms with E-state index in [4.69, 9.17) is 0 Å². The zero-order chi connectivity index (χ0) is 21.2. The first kappa shape index (κ1) is 22.9. The Morgan fingerprint density at radius 2 is 1.07 bits per heavy atom. The molecule has 0 fully saturated rings. The summed E-state index contributed by atoms with van der Waals surface area (Å²) in [5, 5.41) is 0. The van der Waals surface area contributed by atoms with E-state index in [9.17, 15) is 39.5 Å². The van der Waals surface area contributed by atoms with Crippen LogP contribution >= 0.6 is 0 Å². The van der Waals surface area contributed by atoms with E-state index in [2.05, 4.69) is 0 Å². The van der Waals surface area contributed by atoms with Gasteiger partial charge in [-0.1, -0.05) is 0 Å². The average Bonchev–Trinajstić information content (AvgIpc) is 2.61. The van der Waals surface area contributed by atoms with Crippen molar-refractivity contribution < 1.29 is 39.5 Å². The molecule has 0 N–H and O–H groups in total. The molecule has 2 aromatic rings. The van der Waals surface area contributed by atoms with E-state index in [1.165, 1.54) is 24.3 Å². The van der Waals surface area contributed by atoms with Crippen molar-refractivity contribution in [2.75, 3.05) is 0 Å². The molecule has 0 aliphatic carbocycles. The molecule has 0 nitrogen and oxygen atoms in total. The number of rotatable bonds is 7. The van der Waals surface area contributed by atoms with Gasteiger partial charge in [-0.15, -0.1) is 0 Å². The predicted molar refractivity (Wildman–Crippen MR) is 89.1 cm³/mol. The first-order chi connectivity index (χ1) is 12.8. The molecule has 0 saturated carbocycles. The molecule has 0 aromatic heterocycles. The summed E-state index contributed by atoms with van der Waals surface area (Å²) in [5.74, 6) is -18.9. The van der Waals surface area contributed by atoms with Crippen LogP contribution in [0, 0.1) is 0 Å². The van der Waals surface area contributed by atoms with Gasteiger partial charge in [-0.25, -0.2) is 0 Å². The van der Waals surface area contributed by atoms with E-state index < -0.39 is 48.0 Å². The fourth-order valence-electron chi connectivity index (χ4n) is 2.43. The van der Waals surface area contributed by atoms with Crippen molar-refractivity contribution in [2.45, 2.75) is 32.9 Å². The third-order valence-electron chi connectivity index (χ3n) is 3.94. The summed E-state index contributed by atoms with van der Waals surface area (Å²) >= 11 is -3.64. The molecule has 0 heterocycles. The van der Waals surface area contributed by atoms with Gasteiger partial charge in [-0.2, -0.15) is 0 Å². The zero-order valence-electron chi connectivity index (χ0n) is 14.0. The van der Waals surface area contributed by atoms with Crippen molar-refractivity contribution >= 4 is 23.2 Å². The van der Waals surface area contributed by atoms with E-state index in [1.807, 2.05) is 0 Å². The predicted octanol–water partition coefficient (Wildman–Crippen LogP) is 5.37. The molecule has 2 rings (SSSR count). The van der Waals surface area contributed by atoms with Gasteiger partial charge in [0.25, 0.3) is 0 Å². The fraction of sp³-hybridized carbons (Fsp3) is 0.333. The molecular weight excluding hydrogens is 515 g/mol. The molecule has 28 heavy (non-hydrogen) atoms. The molecule has 10 heteroatoms. The van der Waals surface area contributed by atoms with Crippen LogP contribution in [-0.4, -0.2) is 43.5 Å². The van der Waals surface area contributed by atoms with Gasteiger partial charge < -0.3 is 0 Å². The summed E-state index contributed by atoms with van der Waals surface area (Å²) in [7, 11) is 0. The Bertz CT molecular complexity index is 758. The first-order valence-corrected chi connectivity index (χ1v) is 12.7. The van der Waals surface area contributed by atoms with Crippen molar-refractivity contribution in [3.8, 4) is 0 Å².